The molecule has 120 valence electrons. The van der Waals surface area contributed by atoms with Gasteiger partial charge in [0, 0.05) is 32.1 Å². The number of aliphatic imine (C=N–C) groups is 1. The van der Waals surface area contributed by atoms with E-state index in [-0.39, 0.29) is 6.10 Å². The van der Waals surface area contributed by atoms with Gasteiger partial charge < -0.3 is 15.3 Å². The maximum absolute atomic E-state index is 9.96. The van der Waals surface area contributed by atoms with Crippen LogP contribution in [-0.4, -0.2) is 48.2 Å². The zero-order valence-electron chi connectivity index (χ0n) is 13.5. The quantitative estimate of drug-likeness (QED) is 0.620. The molecule has 1 heterocycles. The topological polar surface area (TPSA) is 47.9 Å². The molecule has 2 unspecified atom stereocenters. The summed E-state index contributed by atoms with van der Waals surface area (Å²) in [5.74, 6) is 1.46. The molecular formula is C17H31N3O. The Morgan fingerprint density at radius 3 is 2.71 bits per heavy atom. The third-order valence-electron chi connectivity index (χ3n) is 5.83. The number of aliphatic hydroxyl groups excluding tert-OH is 1. The van der Waals surface area contributed by atoms with Crippen molar-refractivity contribution < 1.29 is 5.11 Å². The van der Waals surface area contributed by atoms with Gasteiger partial charge in [0.05, 0.1) is 6.10 Å². The van der Waals surface area contributed by atoms with Gasteiger partial charge in [-0.05, 0) is 44.4 Å². The summed E-state index contributed by atoms with van der Waals surface area (Å²) < 4.78 is 0. The zero-order chi connectivity index (χ0) is 14.7. The van der Waals surface area contributed by atoms with Gasteiger partial charge in [0.2, 0.25) is 0 Å². The van der Waals surface area contributed by atoms with Gasteiger partial charge in [-0.2, -0.15) is 0 Å². The minimum atomic E-state index is -0.128. The molecule has 1 spiro atoms. The standard InChI is InChI=1S/C17H31N3O/c1-2-18-16(19-12-14-6-5-7-15(14)21)20-11-10-17(13-20)8-3-4-9-17/h14-15,21H,2-13H2,1H3,(H,18,19). The fourth-order valence-electron chi connectivity index (χ4n) is 4.51. The fraction of sp³-hybridized carbons (Fsp3) is 0.941. The van der Waals surface area contributed by atoms with Crippen LogP contribution in [0.2, 0.25) is 0 Å². The number of nitrogens with one attached hydrogen (secondary N) is 1. The molecule has 1 saturated heterocycles. The van der Waals surface area contributed by atoms with Crippen LogP contribution in [-0.2, 0) is 0 Å². The molecule has 0 bridgehead atoms. The van der Waals surface area contributed by atoms with Gasteiger partial charge in [-0.15, -0.1) is 0 Å². The lowest BCUT2D eigenvalue weighted by Crippen LogP contribution is -2.41. The minimum Gasteiger partial charge on any atom is -0.393 e. The Morgan fingerprint density at radius 2 is 2.05 bits per heavy atom. The monoisotopic (exact) mass is 293 g/mol. The van der Waals surface area contributed by atoms with Crippen LogP contribution in [0.1, 0.15) is 58.3 Å². The first-order valence-corrected chi connectivity index (χ1v) is 8.94. The molecule has 4 nitrogen and oxygen atoms in total. The average molecular weight is 293 g/mol. The van der Waals surface area contributed by atoms with Gasteiger partial charge in [-0.25, -0.2) is 0 Å². The number of guanidine groups is 1. The molecule has 0 amide bonds. The van der Waals surface area contributed by atoms with E-state index in [9.17, 15) is 5.11 Å². The first kappa shape index (κ1) is 15.1. The van der Waals surface area contributed by atoms with Gasteiger partial charge in [-0.3, -0.25) is 4.99 Å². The maximum atomic E-state index is 9.96. The molecule has 2 saturated carbocycles. The number of hydrogen-bond donors (Lipinski definition) is 2. The van der Waals surface area contributed by atoms with E-state index in [4.69, 9.17) is 4.99 Å². The minimum absolute atomic E-state index is 0.128. The SMILES string of the molecule is CCNC(=NCC1CCCC1O)N1CCC2(CCCC2)C1. The molecule has 2 N–H and O–H groups in total. The molecule has 0 aromatic heterocycles. The summed E-state index contributed by atoms with van der Waals surface area (Å²) in [6.07, 6.45) is 10.1. The van der Waals surface area contributed by atoms with Crippen LogP contribution in [0, 0.1) is 11.3 Å². The number of nitrogens with zero attached hydrogens (tertiary/aromatic N) is 2. The Bertz CT molecular complexity index is 376. The Kier molecular flexibility index (Phi) is 4.72. The Balaban J connectivity index is 1.61. The van der Waals surface area contributed by atoms with E-state index in [0.29, 0.717) is 11.3 Å². The summed E-state index contributed by atoms with van der Waals surface area (Å²) in [6, 6.07) is 0. The zero-order valence-corrected chi connectivity index (χ0v) is 13.5. The van der Waals surface area contributed by atoms with Gasteiger partial charge >= 0.3 is 0 Å². The van der Waals surface area contributed by atoms with Gasteiger partial charge in [-0.1, -0.05) is 19.3 Å². The lowest BCUT2D eigenvalue weighted by atomic mass is 9.86. The van der Waals surface area contributed by atoms with Crippen molar-refractivity contribution in [1.29, 1.82) is 0 Å². The van der Waals surface area contributed by atoms with Crippen LogP contribution in [0.5, 0.6) is 0 Å². The summed E-state index contributed by atoms with van der Waals surface area (Å²) in [7, 11) is 0. The van der Waals surface area contributed by atoms with Crippen LogP contribution in [0.15, 0.2) is 4.99 Å². The van der Waals surface area contributed by atoms with Crippen molar-refractivity contribution in [3.63, 3.8) is 0 Å². The third-order valence-corrected chi connectivity index (χ3v) is 5.83. The van der Waals surface area contributed by atoms with E-state index in [2.05, 4.69) is 17.1 Å². The molecule has 0 radical (unpaired) electrons. The van der Waals surface area contributed by atoms with E-state index in [0.717, 1.165) is 44.9 Å². The van der Waals surface area contributed by atoms with Crippen LogP contribution in [0.3, 0.4) is 0 Å². The molecule has 2 atom stereocenters. The highest BCUT2D eigenvalue weighted by molar-refractivity contribution is 5.80. The largest absolute Gasteiger partial charge is 0.393 e. The van der Waals surface area contributed by atoms with Crippen molar-refractivity contribution >= 4 is 5.96 Å². The second-order valence-corrected chi connectivity index (χ2v) is 7.33. The highest BCUT2D eigenvalue weighted by atomic mass is 16.3. The van der Waals surface area contributed by atoms with Crippen molar-refractivity contribution in [3.05, 3.63) is 0 Å². The van der Waals surface area contributed by atoms with Crippen molar-refractivity contribution in [2.75, 3.05) is 26.2 Å². The second kappa shape index (κ2) is 6.55. The Hall–Kier alpha value is -0.770. The first-order chi connectivity index (χ1) is 10.2. The summed E-state index contributed by atoms with van der Waals surface area (Å²) in [5, 5.41) is 13.4. The summed E-state index contributed by atoms with van der Waals surface area (Å²) in [4.78, 5) is 7.32. The average Bonchev–Trinajstić information content (AvgIpc) is 3.19. The molecule has 1 aliphatic heterocycles. The third kappa shape index (κ3) is 3.36. The van der Waals surface area contributed by atoms with Gasteiger partial charge in [0.1, 0.15) is 0 Å². The predicted octanol–water partition coefficient (Wildman–Crippen LogP) is 2.38. The predicted molar refractivity (Wildman–Crippen MR) is 86.4 cm³/mol. The van der Waals surface area contributed by atoms with Crippen LogP contribution in [0.25, 0.3) is 0 Å². The van der Waals surface area contributed by atoms with Gasteiger partial charge in [0.25, 0.3) is 0 Å². The summed E-state index contributed by atoms with van der Waals surface area (Å²) in [6.45, 7) is 6.19. The highest BCUT2D eigenvalue weighted by Gasteiger charge is 2.41. The maximum Gasteiger partial charge on any atom is 0.193 e. The smallest absolute Gasteiger partial charge is 0.193 e. The van der Waals surface area contributed by atoms with E-state index in [1.54, 1.807) is 0 Å². The van der Waals surface area contributed by atoms with Crippen LogP contribution in [0.4, 0.5) is 0 Å². The van der Waals surface area contributed by atoms with Gasteiger partial charge in [0.15, 0.2) is 5.96 Å². The van der Waals surface area contributed by atoms with Crippen molar-refractivity contribution in [2.24, 2.45) is 16.3 Å². The second-order valence-electron chi connectivity index (χ2n) is 7.33. The first-order valence-electron chi connectivity index (χ1n) is 8.94. The molecule has 0 aromatic carbocycles. The number of hydrogen-bond acceptors (Lipinski definition) is 2. The summed E-state index contributed by atoms with van der Waals surface area (Å²) >= 11 is 0. The van der Waals surface area contributed by atoms with E-state index in [1.165, 1.54) is 38.6 Å². The normalized spacial score (nSPS) is 32.3. The highest BCUT2D eigenvalue weighted by Crippen LogP contribution is 2.45. The Morgan fingerprint density at radius 1 is 1.24 bits per heavy atom. The molecule has 0 aromatic rings. The molecule has 3 aliphatic rings. The molecule has 4 heteroatoms. The molecular weight excluding hydrogens is 262 g/mol. The lowest BCUT2D eigenvalue weighted by Gasteiger charge is -2.26. The molecule has 2 aliphatic carbocycles. The number of likely N-dealkylation sites (tertiary alicyclic amines) is 1. The van der Waals surface area contributed by atoms with Crippen molar-refractivity contribution in [2.45, 2.75) is 64.4 Å². The lowest BCUT2D eigenvalue weighted by molar-refractivity contribution is 0.136. The number of rotatable bonds is 3. The van der Waals surface area contributed by atoms with E-state index < -0.39 is 0 Å². The van der Waals surface area contributed by atoms with Crippen LogP contribution < -0.4 is 5.32 Å². The Labute approximate surface area is 129 Å². The molecule has 21 heavy (non-hydrogen) atoms. The summed E-state index contributed by atoms with van der Waals surface area (Å²) in [5.41, 5.74) is 0.586. The molecule has 3 fully saturated rings. The fourth-order valence-corrected chi connectivity index (χ4v) is 4.51. The molecule has 3 rings (SSSR count). The van der Waals surface area contributed by atoms with E-state index >= 15 is 0 Å². The number of aliphatic hydroxyl groups is 1. The van der Waals surface area contributed by atoms with Crippen molar-refractivity contribution in [3.8, 4) is 0 Å². The van der Waals surface area contributed by atoms with Crippen molar-refractivity contribution in [1.82, 2.24) is 10.2 Å². The van der Waals surface area contributed by atoms with Crippen LogP contribution >= 0.6 is 0 Å². The van der Waals surface area contributed by atoms with E-state index in [1.807, 2.05) is 0 Å².